The Morgan fingerprint density at radius 2 is 1.67 bits per heavy atom. The molecule has 0 spiro atoms. The summed E-state index contributed by atoms with van der Waals surface area (Å²) in [6.45, 7) is 2.93. The van der Waals surface area contributed by atoms with Crippen LogP contribution in [0.2, 0.25) is 0 Å². The van der Waals surface area contributed by atoms with Gasteiger partial charge in [-0.05, 0) is 56.3 Å². The normalized spacial score (nSPS) is 37.1. The Bertz CT molecular complexity index is 330. The van der Waals surface area contributed by atoms with Crippen LogP contribution in [-0.2, 0) is 4.74 Å². The van der Waals surface area contributed by atoms with E-state index < -0.39 is 0 Å². The molecule has 0 N–H and O–H groups in total. The molecule has 2 rings (SSSR count). The van der Waals surface area contributed by atoms with Crippen LogP contribution < -0.4 is 0 Å². The van der Waals surface area contributed by atoms with E-state index in [1.165, 1.54) is 57.8 Å². The second kappa shape index (κ2) is 8.18. The lowest BCUT2D eigenvalue weighted by atomic mass is 9.65. The van der Waals surface area contributed by atoms with Gasteiger partial charge < -0.3 is 4.74 Å². The van der Waals surface area contributed by atoms with Crippen molar-refractivity contribution in [2.75, 3.05) is 13.7 Å². The molecule has 0 aliphatic heterocycles. The first-order valence-corrected chi connectivity index (χ1v) is 9.13. The van der Waals surface area contributed by atoms with Crippen molar-refractivity contribution in [3.8, 4) is 6.07 Å². The number of ether oxygens (including phenoxy) is 1. The zero-order chi connectivity index (χ0) is 15.1. The van der Waals surface area contributed by atoms with E-state index in [4.69, 9.17) is 4.74 Å². The summed E-state index contributed by atoms with van der Waals surface area (Å²) >= 11 is 0. The first-order chi connectivity index (χ1) is 10.2. The fourth-order valence-corrected chi connectivity index (χ4v) is 4.67. The molecule has 2 heteroatoms. The zero-order valence-electron chi connectivity index (χ0n) is 14.1. The van der Waals surface area contributed by atoms with Gasteiger partial charge in [0.25, 0.3) is 0 Å². The minimum atomic E-state index is -0.177. The largest absolute Gasteiger partial charge is 0.383 e. The SMILES string of the molecule is CCCCC1CCC([C@H]2CC[C@](C#N)(COC)CC2)CC1. The van der Waals surface area contributed by atoms with Crippen molar-refractivity contribution < 1.29 is 4.74 Å². The van der Waals surface area contributed by atoms with E-state index in [1.54, 1.807) is 7.11 Å². The summed E-state index contributed by atoms with van der Waals surface area (Å²) in [6, 6.07) is 2.55. The number of nitrogens with zero attached hydrogens (tertiary/aromatic N) is 1. The molecule has 0 bridgehead atoms. The van der Waals surface area contributed by atoms with Gasteiger partial charge in [-0.1, -0.05) is 39.0 Å². The predicted octanol–water partition coefficient (Wildman–Crippen LogP) is 5.33. The number of hydrogen-bond donors (Lipinski definition) is 0. The van der Waals surface area contributed by atoms with Crippen molar-refractivity contribution in [1.82, 2.24) is 0 Å². The number of nitriles is 1. The molecule has 2 nitrogen and oxygen atoms in total. The van der Waals surface area contributed by atoms with Gasteiger partial charge in [0.1, 0.15) is 0 Å². The molecule has 0 radical (unpaired) electrons. The number of hydrogen-bond acceptors (Lipinski definition) is 2. The van der Waals surface area contributed by atoms with E-state index in [0.29, 0.717) is 6.61 Å². The van der Waals surface area contributed by atoms with Gasteiger partial charge in [-0.15, -0.1) is 0 Å². The van der Waals surface area contributed by atoms with Crippen molar-refractivity contribution >= 4 is 0 Å². The fourth-order valence-electron chi connectivity index (χ4n) is 4.67. The molecule has 0 amide bonds. The summed E-state index contributed by atoms with van der Waals surface area (Å²) in [5.41, 5.74) is -0.177. The van der Waals surface area contributed by atoms with Crippen LogP contribution in [0.5, 0.6) is 0 Å². The molecule has 0 aromatic rings. The lowest BCUT2D eigenvalue weighted by molar-refractivity contribution is 0.0555. The van der Waals surface area contributed by atoms with Crippen molar-refractivity contribution in [2.24, 2.45) is 23.2 Å². The van der Waals surface area contributed by atoms with E-state index in [-0.39, 0.29) is 5.41 Å². The van der Waals surface area contributed by atoms with E-state index in [1.807, 2.05) is 0 Å². The second-order valence-corrected chi connectivity index (χ2v) is 7.59. The monoisotopic (exact) mass is 291 g/mol. The van der Waals surface area contributed by atoms with Crippen LogP contribution >= 0.6 is 0 Å². The fraction of sp³-hybridized carbons (Fsp3) is 0.947. The quantitative estimate of drug-likeness (QED) is 0.662. The van der Waals surface area contributed by atoms with Crippen LogP contribution in [0.4, 0.5) is 0 Å². The highest BCUT2D eigenvalue weighted by atomic mass is 16.5. The van der Waals surface area contributed by atoms with Gasteiger partial charge in [0.2, 0.25) is 0 Å². The van der Waals surface area contributed by atoms with Crippen LogP contribution in [0.15, 0.2) is 0 Å². The van der Waals surface area contributed by atoms with Crippen LogP contribution in [-0.4, -0.2) is 13.7 Å². The Hall–Kier alpha value is -0.550. The number of unbranched alkanes of at least 4 members (excludes halogenated alkanes) is 1. The predicted molar refractivity (Wildman–Crippen MR) is 86.9 cm³/mol. The molecule has 0 aromatic heterocycles. The molecule has 0 unspecified atom stereocenters. The van der Waals surface area contributed by atoms with Gasteiger partial charge in [-0.25, -0.2) is 0 Å². The van der Waals surface area contributed by atoms with Crippen molar-refractivity contribution in [1.29, 1.82) is 5.26 Å². The lowest BCUT2D eigenvalue weighted by Gasteiger charge is -2.40. The Kier molecular flexibility index (Phi) is 6.55. The van der Waals surface area contributed by atoms with Crippen LogP contribution in [0, 0.1) is 34.5 Å². The van der Waals surface area contributed by atoms with E-state index in [0.717, 1.165) is 30.6 Å². The molecule has 2 aliphatic rings. The van der Waals surface area contributed by atoms with Gasteiger partial charge in [0.15, 0.2) is 0 Å². The molecule has 2 saturated carbocycles. The molecular formula is C19H33NO. The lowest BCUT2D eigenvalue weighted by Crippen LogP contribution is -2.33. The van der Waals surface area contributed by atoms with Crippen LogP contribution in [0.25, 0.3) is 0 Å². The van der Waals surface area contributed by atoms with Gasteiger partial charge in [0, 0.05) is 7.11 Å². The minimum Gasteiger partial charge on any atom is -0.383 e. The number of rotatable bonds is 6. The van der Waals surface area contributed by atoms with E-state index in [2.05, 4.69) is 13.0 Å². The van der Waals surface area contributed by atoms with Crippen molar-refractivity contribution in [2.45, 2.75) is 77.6 Å². The molecule has 0 heterocycles. The highest BCUT2D eigenvalue weighted by Gasteiger charge is 2.38. The van der Waals surface area contributed by atoms with Crippen LogP contribution in [0.3, 0.4) is 0 Å². The zero-order valence-corrected chi connectivity index (χ0v) is 14.1. The average molecular weight is 291 g/mol. The Balaban J connectivity index is 1.75. The topological polar surface area (TPSA) is 33.0 Å². The third kappa shape index (κ3) is 4.46. The molecule has 0 saturated heterocycles. The first-order valence-electron chi connectivity index (χ1n) is 9.13. The van der Waals surface area contributed by atoms with Crippen molar-refractivity contribution in [3.05, 3.63) is 0 Å². The summed E-state index contributed by atoms with van der Waals surface area (Å²) in [6.07, 6.45) is 14.6. The standard InChI is InChI=1S/C19H33NO/c1-3-4-5-16-6-8-17(9-7-16)18-10-12-19(14-20,13-11-18)15-21-2/h16-18H,3-13,15H2,1-2H3/t16?,17?,18-,19-. The number of methoxy groups -OCH3 is 1. The maximum atomic E-state index is 9.46. The molecular weight excluding hydrogens is 258 g/mol. The summed E-state index contributed by atoms with van der Waals surface area (Å²) in [7, 11) is 1.72. The van der Waals surface area contributed by atoms with Gasteiger partial charge in [-0.3, -0.25) is 0 Å². The Morgan fingerprint density at radius 3 is 2.19 bits per heavy atom. The second-order valence-electron chi connectivity index (χ2n) is 7.59. The average Bonchev–Trinajstić information content (AvgIpc) is 2.54. The molecule has 2 aliphatic carbocycles. The smallest absolute Gasteiger partial charge is 0.0807 e. The summed E-state index contributed by atoms with van der Waals surface area (Å²) in [4.78, 5) is 0. The molecule has 120 valence electrons. The van der Waals surface area contributed by atoms with E-state index in [9.17, 15) is 5.26 Å². The van der Waals surface area contributed by atoms with E-state index >= 15 is 0 Å². The molecule has 21 heavy (non-hydrogen) atoms. The third-order valence-corrected chi connectivity index (χ3v) is 6.17. The molecule has 0 aromatic carbocycles. The van der Waals surface area contributed by atoms with Gasteiger partial charge >= 0.3 is 0 Å². The van der Waals surface area contributed by atoms with Crippen molar-refractivity contribution in [3.63, 3.8) is 0 Å². The highest BCUT2D eigenvalue weighted by molar-refractivity contribution is 5.02. The molecule has 2 fully saturated rings. The van der Waals surface area contributed by atoms with Gasteiger partial charge in [0.05, 0.1) is 18.1 Å². The highest BCUT2D eigenvalue weighted by Crippen LogP contribution is 2.46. The first kappa shape index (κ1) is 16.8. The molecule has 0 atom stereocenters. The summed E-state index contributed by atoms with van der Waals surface area (Å²) in [5, 5.41) is 9.46. The maximum Gasteiger partial charge on any atom is 0.0807 e. The summed E-state index contributed by atoms with van der Waals surface area (Å²) < 4.78 is 5.29. The van der Waals surface area contributed by atoms with Crippen LogP contribution in [0.1, 0.15) is 77.6 Å². The summed E-state index contributed by atoms with van der Waals surface area (Å²) in [5.74, 6) is 2.84. The Labute approximate surface area is 131 Å². The third-order valence-electron chi connectivity index (χ3n) is 6.17. The minimum absolute atomic E-state index is 0.177. The van der Waals surface area contributed by atoms with Gasteiger partial charge in [-0.2, -0.15) is 5.26 Å². The maximum absolute atomic E-state index is 9.46. The Morgan fingerprint density at radius 1 is 1.05 bits per heavy atom.